The lowest BCUT2D eigenvalue weighted by Gasteiger charge is -2.16. The van der Waals surface area contributed by atoms with Crippen molar-refractivity contribution in [1.82, 2.24) is 0 Å². The molecule has 0 aliphatic carbocycles. The van der Waals surface area contributed by atoms with E-state index in [4.69, 9.17) is 4.74 Å². The van der Waals surface area contributed by atoms with Crippen molar-refractivity contribution in [1.29, 1.82) is 0 Å². The number of Topliss-reactive ketones (excluding diaryl/α,β-unsaturated/α-hetero) is 1. The van der Waals surface area contributed by atoms with E-state index in [1.807, 2.05) is 6.92 Å². The van der Waals surface area contributed by atoms with Gasteiger partial charge in [-0.2, -0.15) is 0 Å². The Bertz CT molecular complexity index is 88.7. The van der Waals surface area contributed by atoms with Crippen molar-refractivity contribution in [2.45, 2.75) is 25.9 Å². The van der Waals surface area contributed by atoms with Crippen LogP contribution in [0.25, 0.3) is 0 Å². The molecule has 1 aliphatic rings. The van der Waals surface area contributed by atoms with Crippen LogP contribution in [0.5, 0.6) is 0 Å². The van der Waals surface area contributed by atoms with Gasteiger partial charge in [-0.3, -0.25) is 4.79 Å². The van der Waals surface area contributed by atoms with E-state index in [1.165, 1.54) is 0 Å². The number of carbonyl (C=O) groups excluding carboxylic acids is 1. The van der Waals surface area contributed by atoms with Gasteiger partial charge in [0.15, 0.2) is 5.78 Å². The first-order valence-electron chi connectivity index (χ1n) is 2.92. The molecule has 1 heterocycles. The highest BCUT2D eigenvalue weighted by atomic mass is 16.5. The van der Waals surface area contributed by atoms with Crippen LogP contribution in [0.4, 0.5) is 0 Å². The van der Waals surface area contributed by atoms with E-state index in [0.717, 1.165) is 6.42 Å². The van der Waals surface area contributed by atoms with Crippen molar-refractivity contribution < 1.29 is 9.53 Å². The smallest absolute Gasteiger partial charge is 0.158 e. The van der Waals surface area contributed by atoms with Crippen LogP contribution in [-0.2, 0) is 9.53 Å². The highest BCUT2D eigenvalue weighted by molar-refractivity contribution is 5.80. The van der Waals surface area contributed by atoms with Crippen LogP contribution in [0, 0.1) is 0 Å². The summed E-state index contributed by atoms with van der Waals surface area (Å²) in [5, 5.41) is 0. The number of carbonyl (C=O) groups is 1. The first kappa shape index (κ1) is 5.76. The van der Waals surface area contributed by atoms with Gasteiger partial charge in [0.25, 0.3) is 0 Å². The quantitative estimate of drug-likeness (QED) is 0.464. The average Bonchev–Trinajstić information content (AvgIpc) is 1.77. The number of ketones is 1. The normalized spacial score (nSPS) is 30.6. The first-order valence-corrected chi connectivity index (χ1v) is 2.92. The maximum atomic E-state index is 10.5. The molecule has 0 saturated carbocycles. The third kappa shape index (κ3) is 1.30. The maximum absolute atomic E-state index is 10.5. The molecule has 1 fully saturated rings. The summed E-state index contributed by atoms with van der Waals surface area (Å²) in [6.45, 7) is 2.33. The van der Waals surface area contributed by atoms with Gasteiger partial charge in [-0.05, 0) is 13.3 Å². The van der Waals surface area contributed by atoms with Crippen molar-refractivity contribution in [2.75, 3.05) is 6.61 Å². The van der Waals surface area contributed by atoms with Crippen molar-refractivity contribution in [3.63, 3.8) is 0 Å². The Morgan fingerprint density at radius 3 is 2.88 bits per heavy atom. The summed E-state index contributed by atoms with van der Waals surface area (Å²) in [7, 11) is 0. The van der Waals surface area contributed by atoms with Crippen LogP contribution in [0.2, 0.25) is 0 Å². The molecular formula is C6H10O2. The van der Waals surface area contributed by atoms with Crippen LogP contribution in [0.1, 0.15) is 19.8 Å². The summed E-state index contributed by atoms with van der Waals surface area (Å²) in [4.78, 5) is 10.5. The van der Waals surface area contributed by atoms with E-state index in [-0.39, 0.29) is 5.78 Å². The Hall–Kier alpha value is -0.370. The standard InChI is InChI=1S/C6H10O2/c1-5-2-3-6(7)4-8-5/h5H,2-4H2,1H3. The molecule has 0 spiro atoms. The first-order chi connectivity index (χ1) is 3.79. The Morgan fingerprint density at radius 2 is 2.50 bits per heavy atom. The molecule has 8 heavy (non-hydrogen) atoms. The van der Waals surface area contributed by atoms with Gasteiger partial charge >= 0.3 is 0 Å². The van der Waals surface area contributed by atoms with E-state index < -0.39 is 0 Å². The molecular weight excluding hydrogens is 104 g/mol. The predicted octanol–water partition coefficient (Wildman–Crippen LogP) is 0.754. The molecule has 0 aromatic carbocycles. The number of hydrogen-bond acceptors (Lipinski definition) is 2. The van der Waals surface area contributed by atoms with Crippen LogP contribution >= 0.6 is 0 Å². The second kappa shape index (κ2) is 2.27. The summed E-state index contributed by atoms with van der Waals surface area (Å²) in [6.07, 6.45) is 1.91. The monoisotopic (exact) mass is 114 g/mol. The fourth-order valence-corrected chi connectivity index (χ4v) is 0.755. The lowest BCUT2D eigenvalue weighted by atomic mass is 10.1. The highest BCUT2D eigenvalue weighted by Gasteiger charge is 2.13. The molecule has 1 saturated heterocycles. The third-order valence-corrected chi connectivity index (χ3v) is 1.36. The lowest BCUT2D eigenvalue weighted by molar-refractivity contribution is -0.130. The van der Waals surface area contributed by atoms with E-state index in [0.29, 0.717) is 19.1 Å². The summed E-state index contributed by atoms with van der Waals surface area (Å²) >= 11 is 0. The summed E-state index contributed by atoms with van der Waals surface area (Å²) in [5.74, 6) is 0.239. The molecule has 0 bridgehead atoms. The molecule has 1 atom stereocenters. The molecule has 2 nitrogen and oxygen atoms in total. The largest absolute Gasteiger partial charge is 0.371 e. The molecule has 0 aromatic rings. The number of hydrogen-bond donors (Lipinski definition) is 0. The van der Waals surface area contributed by atoms with Crippen molar-refractivity contribution in [3.8, 4) is 0 Å². The average molecular weight is 114 g/mol. The van der Waals surface area contributed by atoms with Crippen LogP contribution in [0.3, 0.4) is 0 Å². The molecule has 46 valence electrons. The maximum Gasteiger partial charge on any atom is 0.158 e. The van der Waals surface area contributed by atoms with E-state index >= 15 is 0 Å². The van der Waals surface area contributed by atoms with Gasteiger partial charge < -0.3 is 4.74 Å². The summed E-state index contributed by atoms with van der Waals surface area (Å²) < 4.78 is 5.04. The van der Waals surface area contributed by atoms with E-state index in [2.05, 4.69) is 0 Å². The fourth-order valence-electron chi connectivity index (χ4n) is 0.755. The van der Waals surface area contributed by atoms with Crippen molar-refractivity contribution >= 4 is 5.78 Å². The molecule has 1 unspecified atom stereocenters. The highest BCUT2D eigenvalue weighted by Crippen LogP contribution is 2.07. The van der Waals surface area contributed by atoms with Crippen LogP contribution in [0.15, 0.2) is 0 Å². The molecule has 0 radical (unpaired) electrons. The Morgan fingerprint density at radius 1 is 1.75 bits per heavy atom. The van der Waals surface area contributed by atoms with Gasteiger partial charge in [0, 0.05) is 6.42 Å². The van der Waals surface area contributed by atoms with Gasteiger partial charge in [0.1, 0.15) is 6.61 Å². The molecule has 1 rings (SSSR count). The third-order valence-electron chi connectivity index (χ3n) is 1.36. The van der Waals surface area contributed by atoms with Crippen LogP contribution < -0.4 is 0 Å². The topological polar surface area (TPSA) is 26.3 Å². The van der Waals surface area contributed by atoms with Crippen LogP contribution in [-0.4, -0.2) is 18.5 Å². The SMILES string of the molecule is CC1CCC(=O)CO1. The second-order valence-corrected chi connectivity index (χ2v) is 2.20. The van der Waals surface area contributed by atoms with E-state index in [9.17, 15) is 4.79 Å². The lowest BCUT2D eigenvalue weighted by Crippen LogP contribution is -2.22. The van der Waals surface area contributed by atoms with Gasteiger partial charge in [0.05, 0.1) is 6.10 Å². The molecule has 0 aromatic heterocycles. The Kier molecular flexibility index (Phi) is 1.63. The minimum absolute atomic E-state index is 0.239. The molecule has 0 amide bonds. The van der Waals surface area contributed by atoms with Gasteiger partial charge in [0.2, 0.25) is 0 Å². The van der Waals surface area contributed by atoms with Gasteiger partial charge in [-0.15, -0.1) is 0 Å². The zero-order valence-corrected chi connectivity index (χ0v) is 5.02. The molecule has 2 heteroatoms. The zero-order chi connectivity index (χ0) is 5.98. The predicted molar refractivity (Wildman–Crippen MR) is 29.7 cm³/mol. The minimum atomic E-state index is 0.239. The second-order valence-electron chi connectivity index (χ2n) is 2.20. The van der Waals surface area contributed by atoms with Crippen molar-refractivity contribution in [3.05, 3.63) is 0 Å². The molecule has 0 N–H and O–H groups in total. The minimum Gasteiger partial charge on any atom is -0.371 e. The summed E-state index contributed by atoms with van der Waals surface area (Å²) in [5.41, 5.74) is 0. The summed E-state index contributed by atoms with van der Waals surface area (Å²) in [6, 6.07) is 0. The van der Waals surface area contributed by atoms with Gasteiger partial charge in [-0.25, -0.2) is 0 Å². The van der Waals surface area contributed by atoms with E-state index in [1.54, 1.807) is 0 Å². The molecule has 1 aliphatic heterocycles. The Labute approximate surface area is 48.8 Å². The number of rotatable bonds is 0. The van der Waals surface area contributed by atoms with Gasteiger partial charge in [-0.1, -0.05) is 0 Å². The van der Waals surface area contributed by atoms with Crippen molar-refractivity contribution in [2.24, 2.45) is 0 Å². The zero-order valence-electron chi connectivity index (χ0n) is 5.02. The number of ether oxygens (including phenoxy) is 1. The fraction of sp³-hybridized carbons (Fsp3) is 0.833. The Balaban J connectivity index is 2.29.